The van der Waals surface area contributed by atoms with Crippen molar-refractivity contribution in [2.75, 3.05) is 46.4 Å². The highest BCUT2D eigenvalue weighted by Crippen LogP contribution is 2.17. The molecule has 1 unspecified atom stereocenters. The van der Waals surface area contributed by atoms with Crippen LogP contribution in [-0.2, 0) is 11.2 Å². The molecule has 3 rings (SSSR count). The Hall–Kier alpha value is -1.60. The van der Waals surface area contributed by atoms with Gasteiger partial charge in [-0.3, -0.25) is 4.99 Å². The molecule has 26 heavy (non-hydrogen) atoms. The van der Waals surface area contributed by atoms with Gasteiger partial charge in [-0.2, -0.15) is 0 Å². The van der Waals surface area contributed by atoms with Gasteiger partial charge in [0.2, 0.25) is 0 Å². The van der Waals surface area contributed by atoms with E-state index in [2.05, 4.69) is 25.7 Å². The van der Waals surface area contributed by atoms with Crippen LogP contribution in [0, 0.1) is 19.8 Å². The summed E-state index contributed by atoms with van der Waals surface area (Å²) >= 11 is 0. The van der Waals surface area contributed by atoms with Gasteiger partial charge < -0.3 is 24.8 Å². The summed E-state index contributed by atoms with van der Waals surface area (Å²) in [6, 6.07) is 0.497. The van der Waals surface area contributed by atoms with Gasteiger partial charge in [0.05, 0.1) is 12.3 Å². The molecular formula is C19H33N5O2. The molecule has 7 heteroatoms. The van der Waals surface area contributed by atoms with E-state index in [1.54, 1.807) is 0 Å². The zero-order valence-corrected chi connectivity index (χ0v) is 16.4. The lowest BCUT2D eigenvalue weighted by atomic mass is 10.0. The zero-order chi connectivity index (χ0) is 18.4. The Morgan fingerprint density at radius 2 is 2.08 bits per heavy atom. The highest BCUT2D eigenvalue weighted by atomic mass is 16.5. The van der Waals surface area contributed by atoms with E-state index < -0.39 is 0 Å². The number of aryl methyl sites for hydroxylation is 2. The number of nitrogens with zero attached hydrogens (tertiary/aromatic N) is 3. The van der Waals surface area contributed by atoms with Crippen LogP contribution < -0.4 is 10.6 Å². The Morgan fingerprint density at radius 3 is 2.69 bits per heavy atom. The van der Waals surface area contributed by atoms with Gasteiger partial charge in [-0.05, 0) is 45.4 Å². The first-order valence-electron chi connectivity index (χ1n) is 9.84. The van der Waals surface area contributed by atoms with Crippen LogP contribution in [0.2, 0.25) is 0 Å². The Bertz CT molecular complexity index is 567. The fourth-order valence-corrected chi connectivity index (χ4v) is 3.91. The van der Waals surface area contributed by atoms with E-state index in [0.717, 1.165) is 75.4 Å². The molecule has 0 saturated carbocycles. The summed E-state index contributed by atoms with van der Waals surface area (Å²) < 4.78 is 10.7. The molecule has 1 aromatic heterocycles. The maximum Gasteiger partial charge on any atom is 0.191 e. The van der Waals surface area contributed by atoms with Gasteiger partial charge in [0.25, 0.3) is 0 Å². The third-order valence-corrected chi connectivity index (χ3v) is 5.54. The predicted octanol–water partition coefficient (Wildman–Crippen LogP) is 1.50. The molecule has 0 radical (unpaired) electrons. The average Bonchev–Trinajstić information content (AvgIpc) is 3.27. The van der Waals surface area contributed by atoms with Gasteiger partial charge >= 0.3 is 0 Å². The molecule has 1 aromatic rings. The molecule has 0 aromatic carbocycles. The van der Waals surface area contributed by atoms with Crippen LogP contribution in [-0.4, -0.2) is 68.5 Å². The molecule has 0 spiro atoms. The normalized spacial score (nSPS) is 22.7. The first-order chi connectivity index (χ1) is 12.7. The topological polar surface area (TPSA) is 74.9 Å². The Labute approximate surface area is 156 Å². The summed E-state index contributed by atoms with van der Waals surface area (Å²) in [6.45, 7) is 10.2. The molecule has 1 atom stereocenters. The molecule has 3 heterocycles. The second-order valence-electron chi connectivity index (χ2n) is 7.50. The number of guanidine groups is 1. The third-order valence-electron chi connectivity index (χ3n) is 5.54. The van der Waals surface area contributed by atoms with Gasteiger partial charge in [-0.1, -0.05) is 5.16 Å². The summed E-state index contributed by atoms with van der Waals surface area (Å²) in [7, 11) is 1.83. The maximum absolute atomic E-state index is 5.49. The fraction of sp³-hybridized carbons (Fsp3) is 0.789. The first-order valence-corrected chi connectivity index (χ1v) is 9.84. The van der Waals surface area contributed by atoms with Crippen molar-refractivity contribution in [3.05, 3.63) is 17.0 Å². The standard InChI is InChI=1S/C19H33N5O2/c1-14-18(15(2)26-23-14)4-8-21-19(20-3)22-17-5-9-24(10-6-17)12-16-7-11-25-13-16/h16-17H,4-13H2,1-3H3,(H2,20,21,22). The molecule has 2 aliphatic heterocycles. The van der Waals surface area contributed by atoms with E-state index in [9.17, 15) is 0 Å². The number of ether oxygens (including phenoxy) is 1. The highest BCUT2D eigenvalue weighted by molar-refractivity contribution is 5.79. The molecule has 7 nitrogen and oxygen atoms in total. The second-order valence-corrected chi connectivity index (χ2v) is 7.50. The minimum Gasteiger partial charge on any atom is -0.381 e. The van der Waals surface area contributed by atoms with Crippen molar-refractivity contribution in [3.63, 3.8) is 0 Å². The summed E-state index contributed by atoms with van der Waals surface area (Å²) in [5.41, 5.74) is 2.17. The van der Waals surface area contributed by atoms with Crippen LogP contribution in [0.4, 0.5) is 0 Å². The molecule has 2 saturated heterocycles. The molecule has 0 bridgehead atoms. The van der Waals surface area contributed by atoms with Crippen LogP contribution in [0.15, 0.2) is 9.52 Å². The predicted molar refractivity (Wildman–Crippen MR) is 103 cm³/mol. The van der Waals surface area contributed by atoms with E-state index in [1.807, 2.05) is 20.9 Å². The van der Waals surface area contributed by atoms with E-state index >= 15 is 0 Å². The van der Waals surface area contributed by atoms with E-state index in [0.29, 0.717) is 6.04 Å². The number of likely N-dealkylation sites (tertiary alicyclic amines) is 1. The number of aromatic nitrogens is 1. The molecular weight excluding hydrogens is 330 g/mol. The van der Waals surface area contributed by atoms with Crippen LogP contribution in [0.3, 0.4) is 0 Å². The second kappa shape index (κ2) is 9.37. The summed E-state index contributed by atoms with van der Waals surface area (Å²) in [6.07, 6.45) is 4.44. The van der Waals surface area contributed by atoms with Crippen molar-refractivity contribution < 1.29 is 9.26 Å². The van der Waals surface area contributed by atoms with Crippen molar-refractivity contribution in [1.82, 2.24) is 20.7 Å². The largest absolute Gasteiger partial charge is 0.381 e. The number of piperidine rings is 1. The maximum atomic E-state index is 5.49. The van der Waals surface area contributed by atoms with Crippen LogP contribution in [0.5, 0.6) is 0 Å². The molecule has 2 aliphatic rings. The summed E-state index contributed by atoms with van der Waals surface area (Å²) in [5, 5.41) is 11.0. The number of nitrogens with one attached hydrogen (secondary N) is 2. The summed E-state index contributed by atoms with van der Waals surface area (Å²) in [4.78, 5) is 6.96. The van der Waals surface area contributed by atoms with Crippen molar-refractivity contribution in [1.29, 1.82) is 0 Å². The van der Waals surface area contributed by atoms with E-state index in [-0.39, 0.29) is 0 Å². The SMILES string of the molecule is CN=C(NCCc1c(C)noc1C)NC1CCN(CC2CCOC2)CC1. The van der Waals surface area contributed by atoms with Crippen molar-refractivity contribution >= 4 is 5.96 Å². The van der Waals surface area contributed by atoms with E-state index in [4.69, 9.17) is 9.26 Å². The summed E-state index contributed by atoms with van der Waals surface area (Å²) in [5.74, 6) is 2.53. The molecule has 2 N–H and O–H groups in total. The van der Waals surface area contributed by atoms with Gasteiger partial charge in [0, 0.05) is 51.4 Å². The smallest absolute Gasteiger partial charge is 0.191 e. The van der Waals surface area contributed by atoms with Crippen LogP contribution in [0.1, 0.15) is 36.3 Å². The third kappa shape index (κ3) is 5.20. The van der Waals surface area contributed by atoms with Gasteiger partial charge in [-0.25, -0.2) is 0 Å². The molecule has 0 amide bonds. The van der Waals surface area contributed by atoms with Crippen LogP contribution >= 0.6 is 0 Å². The molecule has 146 valence electrons. The Morgan fingerprint density at radius 1 is 1.27 bits per heavy atom. The lowest BCUT2D eigenvalue weighted by Gasteiger charge is -2.34. The Kier molecular flexibility index (Phi) is 6.91. The fourth-order valence-electron chi connectivity index (χ4n) is 3.91. The zero-order valence-electron chi connectivity index (χ0n) is 16.4. The number of rotatable bonds is 6. The highest BCUT2D eigenvalue weighted by Gasteiger charge is 2.24. The first kappa shape index (κ1) is 19.2. The van der Waals surface area contributed by atoms with Gasteiger partial charge in [-0.15, -0.1) is 0 Å². The monoisotopic (exact) mass is 363 g/mol. The van der Waals surface area contributed by atoms with Crippen molar-refractivity contribution in [3.8, 4) is 0 Å². The minimum atomic E-state index is 0.497. The van der Waals surface area contributed by atoms with Crippen molar-refractivity contribution in [2.24, 2.45) is 10.9 Å². The van der Waals surface area contributed by atoms with Crippen molar-refractivity contribution in [2.45, 2.75) is 45.6 Å². The van der Waals surface area contributed by atoms with Gasteiger partial charge in [0.1, 0.15) is 5.76 Å². The van der Waals surface area contributed by atoms with Gasteiger partial charge in [0.15, 0.2) is 5.96 Å². The van der Waals surface area contributed by atoms with Crippen LogP contribution in [0.25, 0.3) is 0 Å². The van der Waals surface area contributed by atoms with E-state index in [1.165, 1.54) is 18.5 Å². The molecule has 0 aliphatic carbocycles. The Balaban J connectivity index is 1.36. The lowest BCUT2D eigenvalue weighted by molar-refractivity contribution is 0.150. The minimum absolute atomic E-state index is 0.497. The number of aliphatic imine (C=N–C) groups is 1. The number of hydrogen-bond donors (Lipinski definition) is 2. The lowest BCUT2D eigenvalue weighted by Crippen LogP contribution is -2.49. The quantitative estimate of drug-likeness (QED) is 0.589. The average molecular weight is 364 g/mol. The number of hydrogen-bond acceptors (Lipinski definition) is 5. The molecule has 2 fully saturated rings.